The molecule has 2 aromatic rings. The summed E-state index contributed by atoms with van der Waals surface area (Å²) in [5.41, 5.74) is 3.15. The molecule has 0 spiro atoms. The third kappa shape index (κ3) is 6.97. The van der Waals surface area contributed by atoms with Crippen LogP contribution in [0.3, 0.4) is 0 Å². The molecule has 1 aliphatic rings. The zero-order valence-corrected chi connectivity index (χ0v) is 17.4. The number of hydrogen-bond acceptors (Lipinski definition) is 6. The number of aliphatic hydroxyl groups is 1. The summed E-state index contributed by atoms with van der Waals surface area (Å²) in [5, 5.41) is 14.7. The Bertz CT molecular complexity index is 810. The average Bonchev–Trinajstić information content (AvgIpc) is 3.22. The Hall–Kier alpha value is -2.70. The van der Waals surface area contributed by atoms with E-state index < -0.39 is 6.10 Å². The van der Waals surface area contributed by atoms with Gasteiger partial charge in [0.05, 0.1) is 5.71 Å². The molecule has 6 heteroatoms. The van der Waals surface area contributed by atoms with Crippen LogP contribution in [-0.2, 0) is 20.9 Å². The van der Waals surface area contributed by atoms with Gasteiger partial charge in [0.25, 0.3) is 0 Å². The van der Waals surface area contributed by atoms with Crippen LogP contribution in [0.15, 0.2) is 65.8 Å². The molecule has 0 aromatic heterocycles. The third-order valence-corrected chi connectivity index (χ3v) is 4.91. The van der Waals surface area contributed by atoms with E-state index in [1.165, 1.54) is 0 Å². The topological polar surface area (TPSA) is 71.4 Å². The molecule has 1 N–H and O–H groups in total. The molecule has 0 aliphatic carbocycles. The lowest BCUT2D eigenvalue weighted by Gasteiger charge is -2.27. The zero-order valence-electron chi connectivity index (χ0n) is 17.4. The first-order chi connectivity index (χ1) is 14.6. The van der Waals surface area contributed by atoms with E-state index >= 15 is 0 Å². The van der Waals surface area contributed by atoms with Crippen molar-refractivity contribution in [1.29, 1.82) is 0 Å². The van der Waals surface area contributed by atoms with Crippen molar-refractivity contribution in [2.75, 3.05) is 19.7 Å². The van der Waals surface area contributed by atoms with Gasteiger partial charge in [-0.05, 0) is 17.5 Å². The van der Waals surface area contributed by atoms with Gasteiger partial charge in [0.1, 0.15) is 18.8 Å². The van der Waals surface area contributed by atoms with Crippen LogP contribution in [0.5, 0.6) is 0 Å². The minimum absolute atomic E-state index is 0.00140. The lowest BCUT2D eigenvalue weighted by molar-refractivity contribution is -0.147. The third-order valence-electron chi connectivity index (χ3n) is 4.91. The van der Waals surface area contributed by atoms with Crippen LogP contribution in [0.25, 0.3) is 0 Å². The van der Waals surface area contributed by atoms with Crippen molar-refractivity contribution < 1.29 is 19.5 Å². The van der Waals surface area contributed by atoms with Gasteiger partial charge in [-0.3, -0.25) is 9.69 Å². The van der Waals surface area contributed by atoms with Gasteiger partial charge < -0.3 is 14.7 Å². The van der Waals surface area contributed by atoms with Crippen LogP contribution >= 0.6 is 0 Å². The minimum atomic E-state index is -0.759. The van der Waals surface area contributed by atoms with Gasteiger partial charge in [0, 0.05) is 32.5 Å². The number of nitrogens with zero attached hydrogens (tertiary/aromatic N) is 2. The van der Waals surface area contributed by atoms with Crippen LogP contribution in [0.2, 0.25) is 0 Å². The summed E-state index contributed by atoms with van der Waals surface area (Å²) in [5.74, 6) is -0.272. The van der Waals surface area contributed by atoms with Gasteiger partial charge in [0.15, 0.2) is 0 Å². The molecule has 2 atom stereocenters. The fourth-order valence-electron chi connectivity index (χ4n) is 3.48. The molecule has 30 heavy (non-hydrogen) atoms. The maximum atomic E-state index is 11.6. The highest BCUT2D eigenvalue weighted by atomic mass is 16.6. The van der Waals surface area contributed by atoms with E-state index in [-0.39, 0.29) is 18.7 Å². The van der Waals surface area contributed by atoms with Crippen LogP contribution in [0, 0.1) is 0 Å². The van der Waals surface area contributed by atoms with E-state index in [1.807, 2.05) is 55.5 Å². The average molecular weight is 411 g/mol. The fourth-order valence-corrected chi connectivity index (χ4v) is 3.48. The number of hydrogen-bond donors (Lipinski definition) is 1. The van der Waals surface area contributed by atoms with E-state index in [0.717, 1.165) is 29.7 Å². The van der Waals surface area contributed by atoms with Gasteiger partial charge in [-0.1, -0.05) is 72.7 Å². The van der Waals surface area contributed by atoms with E-state index in [0.29, 0.717) is 26.1 Å². The summed E-state index contributed by atoms with van der Waals surface area (Å²) in [6.45, 7) is 3.60. The maximum Gasteiger partial charge on any atom is 0.305 e. The molecule has 3 rings (SSSR count). The zero-order chi connectivity index (χ0) is 21.2. The largest absolute Gasteiger partial charge is 0.463 e. The Labute approximate surface area is 178 Å². The minimum Gasteiger partial charge on any atom is -0.463 e. The van der Waals surface area contributed by atoms with Gasteiger partial charge in [-0.15, -0.1) is 0 Å². The molecular weight excluding hydrogens is 380 g/mol. The Morgan fingerprint density at radius 2 is 1.90 bits per heavy atom. The van der Waals surface area contributed by atoms with Crippen molar-refractivity contribution >= 4 is 11.7 Å². The van der Waals surface area contributed by atoms with Crippen molar-refractivity contribution in [3.8, 4) is 0 Å². The number of esters is 1. The predicted molar refractivity (Wildman–Crippen MR) is 116 cm³/mol. The molecule has 2 aromatic carbocycles. The highest BCUT2D eigenvalue weighted by Crippen LogP contribution is 2.18. The normalized spacial score (nSPS) is 16.8. The summed E-state index contributed by atoms with van der Waals surface area (Å²) in [7, 11) is 0. The van der Waals surface area contributed by atoms with E-state index in [4.69, 9.17) is 9.57 Å². The quantitative estimate of drug-likeness (QED) is 0.575. The molecule has 0 saturated carbocycles. The van der Waals surface area contributed by atoms with Gasteiger partial charge in [0.2, 0.25) is 0 Å². The predicted octanol–water partition coefficient (Wildman–Crippen LogP) is 3.39. The van der Waals surface area contributed by atoms with Gasteiger partial charge >= 0.3 is 5.97 Å². The molecule has 0 amide bonds. The first-order valence-corrected chi connectivity index (χ1v) is 10.5. The molecule has 0 fully saturated rings. The first-order valence-electron chi connectivity index (χ1n) is 10.5. The number of rotatable bonds is 11. The highest BCUT2D eigenvalue weighted by Gasteiger charge is 2.26. The van der Waals surface area contributed by atoms with Crippen LogP contribution in [0.1, 0.15) is 37.3 Å². The molecule has 0 bridgehead atoms. The Morgan fingerprint density at radius 3 is 2.60 bits per heavy atom. The summed E-state index contributed by atoms with van der Waals surface area (Å²) in [6.07, 6.45) is 0.981. The van der Waals surface area contributed by atoms with Crippen LogP contribution in [-0.4, -0.2) is 53.6 Å². The molecule has 2 unspecified atom stereocenters. The number of aliphatic hydroxyl groups excluding tert-OH is 1. The SMILES string of the molecule is CCCC(=O)OCC(O)CN(Cc1ccccc1)CC1CC(c2ccccc2)=NO1. The summed E-state index contributed by atoms with van der Waals surface area (Å²) in [4.78, 5) is 19.4. The van der Waals surface area contributed by atoms with Gasteiger partial charge in [-0.25, -0.2) is 0 Å². The second-order valence-corrected chi connectivity index (χ2v) is 7.60. The van der Waals surface area contributed by atoms with Crippen molar-refractivity contribution in [2.24, 2.45) is 5.16 Å². The molecule has 0 saturated heterocycles. The standard InChI is InChI=1S/C24H30N2O4/c1-2-9-24(28)29-18-21(27)16-26(15-19-10-5-3-6-11-19)17-22-14-23(25-30-22)20-12-7-4-8-13-20/h3-8,10-13,21-22,27H,2,9,14-18H2,1H3. The summed E-state index contributed by atoms with van der Waals surface area (Å²) in [6, 6.07) is 20.1. The van der Waals surface area contributed by atoms with Crippen LogP contribution in [0.4, 0.5) is 0 Å². The van der Waals surface area contributed by atoms with Crippen molar-refractivity contribution in [3.63, 3.8) is 0 Å². The number of carbonyl (C=O) groups is 1. The molecule has 1 aliphatic heterocycles. The van der Waals surface area contributed by atoms with Crippen molar-refractivity contribution in [3.05, 3.63) is 71.8 Å². The van der Waals surface area contributed by atoms with E-state index in [2.05, 4.69) is 22.2 Å². The smallest absolute Gasteiger partial charge is 0.305 e. The lowest BCUT2D eigenvalue weighted by Crippen LogP contribution is -2.39. The first kappa shape index (κ1) is 22.0. The molecular formula is C24H30N2O4. The fraction of sp³-hybridized carbons (Fsp3) is 0.417. The second kappa shape index (κ2) is 11.5. The molecule has 1 heterocycles. The van der Waals surface area contributed by atoms with Crippen molar-refractivity contribution in [2.45, 2.75) is 44.9 Å². The molecule has 0 radical (unpaired) electrons. The van der Waals surface area contributed by atoms with Gasteiger partial charge in [-0.2, -0.15) is 0 Å². The number of oxime groups is 1. The summed E-state index contributed by atoms with van der Waals surface area (Å²) < 4.78 is 5.17. The Kier molecular flexibility index (Phi) is 8.41. The van der Waals surface area contributed by atoms with E-state index in [9.17, 15) is 9.90 Å². The monoisotopic (exact) mass is 410 g/mol. The molecule has 6 nitrogen and oxygen atoms in total. The number of benzene rings is 2. The number of carbonyl (C=O) groups excluding carboxylic acids is 1. The maximum absolute atomic E-state index is 11.6. The molecule has 160 valence electrons. The number of ether oxygens (including phenoxy) is 1. The Morgan fingerprint density at radius 1 is 1.20 bits per heavy atom. The van der Waals surface area contributed by atoms with E-state index in [1.54, 1.807) is 0 Å². The Balaban J connectivity index is 1.57. The van der Waals surface area contributed by atoms with Crippen LogP contribution < -0.4 is 0 Å². The van der Waals surface area contributed by atoms with Crippen molar-refractivity contribution in [1.82, 2.24) is 4.90 Å². The second-order valence-electron chi connectivity index (χ2n) is 7.60. The highest BCUT2D eigenvalue weighted by molar-refractivity contribution is 6.01. The lowest BCUT2D eigenvalue weighted by atomic mass is 10.0. The summed E-state index contributed by atoms with van der Waals surface area (Å²) >= 11 is 0.